The maximum Gasteiger partial charge on any atom is 0.0323 e. The molecule has 1 fully saturated rings. The summed E-state index contributed by atoms with van der Waals surface area (Å²) in [5, 5.41) is 3.42. The second kappa shape index (κ2) is 5.85. The Balaban J connectivity index is 2.14. The number of hydrogen-bond donors (Lipinski definition) is 1. The van der Waals surface area contributed by atoms with Crippen LogP contribution in [0.15, 0.2) is 18.2 Å². The van der Waals surface area contributed by atoms with Gasteiger partial charge in [-0.15, -0.1) is 0 Å². The maximum atomic E-state index is 3.42. The molecule has 0 saturated carbocycles. The van der Waals surface area contributed by atoms with Gasteiger partial charge in [-0.1, -0.05) is 23.8 Å². The third-order valence-electron chi connectivity index (χ3n) is 4.29. The van der Waals surface area contributed by atoms with Crippen LogP contribution in [0.2, 0.25) is 0 Å². The van der Waals surface area contributed by atoms with Crippen molar-refractivity contribution < 1.29 is 0 Å². The van der Waals surface area contributed by atoms with Gasteiger partial charge in [0.1, 0.15) is 0 Å². The van der Waals surface area contributed by atoms with Crippen molar-refractivity contribution in [3.05, 3.63) is 34.9 Å². The topological polar surface area (TPSA) is 15.3 Å². The molecule has 0 radical (unpaired) electrons. The molecule has 100 valence electrons. The van der Waals surface area contributed by atoms with E-state index in [1.54, 1.807) is 0 Å². The molecule has 2 unspecified atom stereocenters. The molecule has 1 aromatic rings. The first-order valence-electron chi connectivity index (χ1n) is 7.10. The summed E-state index contributed by atoms with van der Waals surface area (Å²) in [5.74, 6) is 0. The van der Waals surface area contributed by atoms with Crippen LogP contribution < -0.4 is 5.32 Å². The highest BCUT2D eigenvalue weighted by molar-refractivity contribution is 5.32. The molecule has 0 spiro atoms. The number of nitrogens with one attached hydrogen (secondary N) is 1. The molecule has 2 atom stereocenters. The molecule has 2 heteroatoms. The average Bonchev–Trinajstić information content (AvgIpc) is 2.41. The molecule has 0 bridgehead atoms. The summed E-state index contributed by atoms with van der Waals surface area (Å²) in [6.45, 7) is 9.16. The Hall–Kier alpha value is -0.860. The molecule has 1 saturated heterocycles. The number of piperidine rings is 1. The molecule has 18 heavy (non-hydrogen) atoms. The van der Waals surface area contributed by atoms with Crippen LogP contribution in [-0.4, -0.2) is 31.1 Å². The van der Waals surface area contributed by atoms with Gasteiger partial charge in [0, 0.05) is 18.6 Å². The minimum Gasteiger partial charge on any atom is -0.316 e. The summed E-state index contributed by atoms with van der Waals surface area (Å²) < 4.78 is 0. The van der Waals surface area contributed by atoms with Crippen molar-refractivity contribution in [3.8, 4) is 0 Å². The lowest BCUT2D eigenvalue weighted by Crippen LogP contribution is -2.45. The Morgan fingerprint density at radius 2 is 2.11 bits per heavy atom. The van der Waals surface area contributed by atoms with E-state index in [-0.39, 0.29) is 0 Å². The fourth-order valence-corrected chi connectivity index (χ4v) is 3.00. The lowest BCUT2D eigenvalue weighted by molar-refractivity contribution is 0.149. The Morgan fingerprint density at radius 1 is 1.33 bits per heavy atom. The van der Waals surface area contributed by atoms with Crippen molar-refractivity contribution in [1.82, 2.24) is 10.2 Å². The van der Waals surface area contributed by atoms with Crippen LogP contribution in [0.1, 0.15) is 42.5 Å². The second-order valence-electron chi connectivity index (χ2n) is 5.66. The lowest BCUT2D eigenvalue weighted by atomic mass is 9.96. The zero-order valence-corrected chi connectivity index (χ0v) is 12.2. The SMILES string of the molecule is CNC1CCCN(C(C)c2cc(C)ccc2C)C1. The number of likely N-dealkylation sites (N-methyl/N-ethyl adjacent to an activating group) is 1. The smallest absolute Gasteiger partial charge is 0.0323 e. The molecule has 1 aromatic carbocycles. The van der Waals surface area contributed by atoms with Crippen molar-refractivity contribution in [2.24, 2.45) is 0 Å². The minimum absolute atomic E-state index is 0.529. The molecule has 1 aliphatic rings. The Labute approximate surface area is 111 Å². The van der Waals surface area contributed by atoms with Gasteiger partial charge in [-0.25, -0.2) is 0 Å². The van der Waals surface area contributed by atoms with E-state index in [1.165, 1.54) is 42.6 Å². The van der Waals surface area contributed by atoms with E-state index < -0.39 is 0 Å². The number of rotatable bonds is 3. The summed E-state index contributed by atoms with van der Waals surface area (Å²) in [6.07, 6.45) is 2.62. The first kappa shape index (κ1) is 13.6. The molecule has 2 rings (SSSR count). The molecule has 1 heterocycles. The van der Waals surface area contributed by atoms with Gasteiger partial charge in [-0.3, -0.25) is 4.90 Å². The van der Waals surface area contributed by atoms with Crippen molar-refractivity contribution in [3.63, 3.8) is 0 Å². The molecule has 0 aliphatic carbocycles. The van der Waals surface area contributed by atoms with E-state index in [4.69, 9.17) is 0 Å². The molecular weight excluding hydrogens is 220 g/mol. The van der Waals surface area contributed by atoms with Crippen LogP contribution in [0.5, 0.6) is 0 Å². The quantitative estimate of drug-likeness (QED) is 0.882. The van der Waals surface area contributed by atoms with E-state index in [0.29, 0.717) is 12.1 Å². The van der Waals surface area contributed by atoms with E-state index in [9.17, 15) is 0 Å². The average molecular weight is 246 g/mol. The standard InChI is InChI=1S/C16H26N2/c1-12-7-8-13(2)16(10-12)14(3)18-9-5-6-15(11-18)17-4/h7-8,10,14-15,17H,5-6,9,11H2,1-4H3. The highest BCUT2D eigenvalue weighted by Crippen LogP contribution is 2.27. The van der Waals surface area contributed by atoms with Gasteiger partial charge < -0.3 is 5.32 Å². The first-order chi connectivity index (χ1) is 8.61. The molecule has 2 nitrogen and oxygen atoms in total. The van der Waals surface area contributed by atoms with Gasteiger partial charge in [0.25, 0.3) is 0 Å². The number of aryl methyl sites for hydroxylation is 2. The van der Waals surface area contributed by atoms with Crippen molar-refractivity contribution >= 4 is 0 Å². The summed E-state index contributed by atoms with van der Waals surface area (Å²) >= 11 is 0. The molecule has 0 aromatic heterocycles. The molecule has 1 aliphatic heterocycles. The third-order valence-corrected chi connectivity index (χ3v) is 4.29. The van der Waals surface area contributed by atoms with Crippen LogP contribution in [0, 0.1) is 13.8 Å². The van der Waals surface area contributed by atoms with Crippen molar-refractivity contribution in [1.29, 1.82) is 0 Å². The first-order valence-corrected chi connectivity index (χ1v) is 7.10. The number of benzene rings is 1. The Bertz CT molecular complexity index is 400. The largest absolute Gasteiger partial charge is 0.316 e. The molecular formula is C16H26N2. The Morgan fingerprint density at radius 3 is 2.83 bits per heavy atom. The van der Waals surface area contributed by atoms with Gasteiger partial charge in [0.2, 0.25) is 0 Å². The number of hydrogen-bond acceptors (Lipinski definition) is 2. The Kier molecular flexibility index (Phi) is 4.41. The predicted octanol–water partition coefficient (Wildman–Crippen LogP) is 3.05. The van der Waals surface area contributed by atoms with Gasteiger partial charge in [-0.2, -0.15) is 0 Å². The lowest BCUT2D eigenvalue weighted by Gasteiger charge is -2.37. The second-order valence-corrected chi connectivity index (χ2v) is 5.66. The van der Waals surface area contributed by atoms with Crippen molar-refractivity contribution in [2.45, 2.75) is 45.7 Å². The van der Waals surface area contributed by atoms with Gasteiger partial charge >= 0.3 is 0 Å². The van der Waals surface area contributed by atoms with Crippen LogP contribution >= 0.6 is 0 Å². The van der Waals surface area contributed by atoms with Crippen LogP contribution in [0.25, 0.3) is 0 Å². The summed E-state index contributed by atoms with van der Waals surface area (Å²) in [6, 6.07) is 7.99. The zero-order chi connectivity index (χ0) is 13.1. The molecule has 1 N–H and O–H groups in total. The fourth-order valence-electron chi connectivity index (χ4n) is 3.00. The van der Waals surface area contributed by atoms with Crippen molar-refractivity contribution in [2.75, 3.05) is 20.1 Å². The van der Waals surface area contributed by atoms with Gasteiger partial charge in [0.05, 0.1) is 0 Å². The monoisotopic (exact) mass is 246 g/mol. The number of likely N-dealkylation sites (tertiary alicyclic amines) is 1. The van der Waals surface area contributed by atoms with E-state index in [1.807, 2.05) is 0 Å². The fraction of sp³-hybridized carbons (Fsp3) is 0.625. The summed E-state index contributed by atoms with van der Waals surface area (Å²) in [5.41, 5.74) is 4.27. The van der Waals surface area contributed by atoms with Crippen LogP contribution in [0.3, 0.4) is 0 Å². The summed E-state index contributed by atoms with van der Waals surface area (Å²) in [7, 11) is 2.08. The van der Waals surface area contributed by atoms with Gasteiger partial charge in [0.15, 0.2) is 0 Å². The number of nitrogens with zero attached hydrogens (tertiary/aromatic N) is 1. The molecule has 0 amide bonds. The minimum atomic E-state index is 0.529. The highest BCUT2D eigenvalue weighted by atomic mass is 15.2. The summed E-state index contributed by atoms with van der Waals surface area (Å²) in [4.78, 5) is 2.62. The van der Waals surface area contributed by atoms with E-state index in [2.05, 4.69) is 56.2 Å². The van der Waals surface area contributed by atoms with Gasteiger partial charge in [-0.05, 0) is 58.3 Å². The third kappa shape index (κ3) is 2.93. The normalized spacial score (nSPS) is 23.0. The van der Waals surface area contributed by atoms with E-state index >= 15 is 0 Å². The predicted molar refractivity (Wildman–Crippen MR) is 78.0 cm³/mol. The highest BCUT2D eigenvalue weighted by Gasteiger charge is 2.24. The maximum absolute atomic E-state index is 3.42. The van der Waals surface area contributed by atoms with Crippen LogP contribution in [0.4, 0.5) is 0 Å². The van der Waals surface area contributed by atoms with E-state index in [0.717, 1.165) is 0 Å². The van der Waals surface area contributed by atoms with Crippen LogP contribution in [-0.2, 0) is 0 Å². The zero-order valence-electron chi connectivity index (χ0n) is 12.2.